The van der Waals surface area contributed by atoms with Crippen LogP contribution in [0.15, 0.2) is 6.20 Å². The molecule has 2 atom stereocenters. The molecule has 6 nitrogen and oxygen atoms in total. The number of aryl methyl sites for hydroxylation is 1. The normalized spacial score (nSPS) is 27.6. The number of hydrogen-bond donors (Lipinski definition) is 2. The lowest BCUT2D eigenvalue weighted by atomic mass is 9.95. The number of likely N-dealkylation sites (tertiary alicyclic amines) is 1. The zero-order valence-electron chi connectivity index (χ0n) is 10.8. The van der Waals surface area contributed by atoms with Gasteiger partial charge >= 0.3 is 0 Å². The van der Waals surface area contributed by atoms with Crippen LogP contribution in [0.4, 0.5) is 5.95 Å². The van der Waals surface area contributed by atoms with Gasteiger partial charge in [-0.15, -0.1) is 0 Å². The highest BCUT2D eigenvalue weighted by atomic mass is 16.3. The van der Waals surface area contributed by atoms with Crippen LogP contribution in [0.25, 0.3) is 0 Å². The van der Waals surface area contributed by atoms with E-state index in [1.165, 1.54) is 6.20 Å². The molecule has 1 aromatic heterocycles. The van der Waals surface area contributed by atoms with Crippen molar-refractivity contribution in [3.8, 4) is 0 Å². The van der Waals surface area contributed by atoms with Gasteiger partial charge in [-0.3, -0.25) is 4.79 Å². The summed E-state index contributed by atoms with van der Waals surface area (Å²) >= 11 is 0. The van der Waals surface area contributed by atoms with Crippen molar-refractivity contribution in [1.82, 2.24) is 14.9 Å². The molecule has 0 saturated carbocycles. The van der Waals surface area contributed by atoms with Crippen molar-refractivity contribution in [3.05, 3.63) is 17.5 Å². The number of rotatable bonds is 1. The molecular formula is C12H18N4O2. The Balaban J connectivity index is 2.23. The lowest BCUT2D eigenvalue weighted by Gasteiger charge is -2.20. The van der Waals surface area contributed by atoms with Gasteiger partial charge < -0.3 is 15.7 Å². The molecule has 2 heterocycles. The number of aliphatic hydroxyl groups is 1. The van der Waals surface area contributed by atoms with Crippen LogP contribution in [0.3, 0.4) is 0 Å². The van der Waals surface area contributed by atoms with Crippen LogP contribution in [-0.4, -0.2) is 44.6 Å². The Labute approximate surface area is 106 Å². The molecule has 6 heteroatoms. The molecule has 0 bridgehead atoms. The van der Waals surface area contributed by atoms with E-state index in [1.807, 2.05) is 6.92 Å². The SMILES string of the molecule is Cc1nc(N)ncc1C(=O)N1C[C@H](C)[C@](C)(O)C1. The van der Waals surface area contributed by atoms with Crippen LogP contribution in [0.5, 0.6) is 0 Å². The Bertz CT molecular complexity index is 487. The van der Waals surface area contributed by atoms with Gasteiger partial charge in [0.2, 0.25) is 5.95 Å². The monoisotopic (exact) mass is 250 g/mol. The van der Waals surface area contributed by atoms with Crippen molar-refractivity contribution in [3.63, 3.8) is 0 Å². The van der Waals surface area contributed by atoms with Crippen LogP contribution in [0.1, 0.15) is 29.9 Å². The van der Waals surface area contributed by atoms with Crippen molar-refractivity contribution >= 4 is 11.9 Å². The zero-order chi connectivity index (χ0) is 13.5. The second-order valence-electron chi connectivity index (χ2n) is 5.17. The third-order valence-electron chi connectivity index (χ3n) is 3.58. The fourth-order valence-corrected chi connectivity index (χ4v) is 2.15. The molecule has 1 amide bonds. The fraction of sp³-hybridized carbons (Fsp3) is 0.583. The standard InChI is InChI=1S/C12H18N4O2/c1-7-5-16(6-12(7,3)18)10(17)9-4-14-11(13)15-8(9)2/h4,7,18H,5-6H2,1-3H3,(H2,13,14,15)/t7-,12+/m0/s1. The number of carbonyl (C=O) groups is 1. The van der Waals surface area contributed by atoms with Gasteiger partial charge in [-0.2, -0.15) is 0 Å². The molecule has 1 aliphatic heterocycles. The van der Waals surface area contributed by atoms with E-state index in [-0.39, 0.29) is 17.8 Å². The number of amides is 1. The predicted octanol–water partition coefficient (Wildman–Crippen LogP) is 0.210. The number of aromatic nitrogens is 2. The smallest absolute Gasteiger partial charge is 0.257 e. The van der Waals surface area contributed by atoms with Gasteiger partial charge in [0.05, 0.1) is 16.9 Å². The minimum atomic E-state index is -0.835. The van der Waals surface area contributed by atoms with Gasteiger partial charge in [0.25, 0.3) is 5.91 Å². The average Bonchev–Trinajstić information content (AvgIpc) is 2.53. The van der Waals surface area contributed by atoms with Gasteiger partial charge in [0.1, 0.15) is 0 Å². The highest BCUT2D eigenvalue weighted by Crippen LogP contribution is 2.28. The first-order chi connectivity index (χ1) is 8.31. The third kappa shape index (κ3) is 2.15. The average molecular weight is 250 g/mol. The van der Waals surface area contributed by atoms with Gasteiger partial charge in [0.15, 0.2) is 0 Å². The van der Waals surface area contributed by atoms with Crippen LogP contribution < -0.4 is 5.73 Å². The van der Waals surface area contributed by atoms with Gasteiger partial charge in [-0.25, -0.2) is 9.97 Å². The van der Waals surface area contributed by atoms with E-state index in [2.05, 4.69) is 9.97 Å². The van der Waals surface area contributed by atoms with Crippen molar-refractivity contribution in [2.24, 2.45) is 5.92 Å². The second kappa shape index (κ2) is 4.20. The van der Waals surface area contributed by atoms with Gasteiger partial charge in [-0.1, -0.05) is 6.92 Å². The zero-order valence-corrected chi connectivity index (χ0v) is 10.8. The minimum Gasteiger partial charge on any atom is -0.388 e. The molecule has 0 radical (unpaired) electrons. The maximum absolute atomic E-state index is 12.3. The first-order valence-electron chi connectivity index (χ1n) is 5.92. The van der Waals surface area contributed by atoms with E-state index in [0.717, 1.165) is 0 Å². The fourth-order valence-electron chi connectivity index (χ4n) is 2.15. The minimum absolute atomic E-state index is 0.0523. The number of nitrogens with two attached hydrogens (primary N) is 1. The molecule has 0 spiro atoms. The molecule has 1 aliphatic rings. The molecule has 1 saturated heterocycles. The second-order valence-corrected chi connectivity index (χ2v) is 5.17. The van der Waals surface area contributed by atoms with E-state index < -0.39 is 5.60 Å². The number of carbonyl (C=O) groups excluding carboxylic acids is 1. The molecular weight excluding hydrogens is 232 g/mol. The topological polar surface area (TPSA) is 92.3 Å². The molecule has 18 heavy (non-hydrogen) atoms. The molecule has 0 aromatic carbocycles. The summed E-state index contributed by atoms with van der Waals surface area (Å²) in [5.41, 5.74) is 5.62. The Morgan fingerprint density at radius 2 is 2.33 bits per heavy atom. The maximum Gasteiger partial charge on any atom is 0.257 e. The maximum atomic E-state index is 12.3. The Hall–Kier alpha value is -1.69. The molecule has 3 N–H and O–H groups in total. The van der Waals surface area contributed by atoms with E-state index in [4.69, 9.17) is 5.73 Å². The summed E-state index contributed by atoms with van der Waals surface area (Å²) in [5.74, 6) is 0.0550. The highest BCUT2D eigenvalue weighted by Gasteiger charge is 2.41. The molecule has 0 unspecified atom stereocenters. The lowest BCUT2D eigenvalue weighted by Crippen LogP contribution is -2.35. The first-order valence-corrected chi connectivity index (χ1v) is 5.92. The Morgan fingerprint density at radius 3 is 2.83 bits per heavy atom. The summed E-state index contributed by atoms with van der Waals surface area (Å²) < 4.78 is 0. The van der Waals surface area contributed by atoms with Crippen LogP contribution in [0.2, 0.25) is 0 Å². The van der Waals surface area contributed by atoms with Gasteiger partial charge in [0, 0.05) is 25.2 Å². The summed E-state index contributed by atoms with van der Waals surface area (Å²) in [6, 6.07) is 0. The number of nitrogens with zero attached hydrogens (tertiary/aromatic N) is 3. The number of anilines is 1. The van der Waals surface area contributed by atoms with Crippen molar-refractivity contribution in [1.29, 1.82) is 0 Å². The van der Waals surface area contributed by atoms with Crippen molar-refractivity contribution in [2.45, 2.75) is 26.4 Å². The van der Waals surface area contributed by atoms with Crippen LogP contribution in [0, 0.1) is 12.8 Å². The Kier molecular flexibility index (Phi) is 2.98. The molecule has 2 rings (SSSR count). The molecule has 0 aliphatic carbocycles. The first kappa shape index (κ1) is 12.8. The third-order valence-corrected chi connectivity index (χ3v) is 3.58. The van der Waals surface area contributed by atoms with Crippen LogP contribution in [-0.2, 0) is 0 Å². The van der Waals surface area contributed by atoms with Crippen molar-refractivity contribution in [2.75, 3.05) is 18.8 Å². The Morgan fingerprint density at radius 1 is 1.67 bits per heavy atom. The van der Waals surface area contributed by atoms with E-state index in [0.29, 0.717) is 24.3 Å². The quantitative estimate of drug-likeness (QED) is 0.743. The van der Waals surface area contributed by atoms with Gasteiger partial charge in [-0.05, 0) is 13.8 Å². The highest BCUT2D eigenvalue weighted by molar-refractivity contribution is 5.95. The summed E-state index contributed by atoms with van der Waals surface area (Å²) in [6.45, 7) is 6.27. The summed E-state index contributed by atoms with van der Waals surface area (Å²) in [7, 11) is 0. The number of hydrogen-bond acceptors (Lipinski definition) is 5. The number of nitrogen functional groups attached to an aromatic ring is 1. The molecule has 1 aromatic rings. The summed E-state index contributed by atoms with van der Waals surface area (Å²) in [5, 5.41) is 10.1. The molecule has 98 valence electrons. The van der Waals surface area contributed by atoms with E-state index in [9.17, 15) is 9.90 Å². The lowest BCUT2D eigenvalue weighted by molar-refractivity contribution is 0.0351. The van der Waals surface area contributed by atoms with E-state index >= 15 is 0 Å². The summed E-state index contributed by atoms with van der Waals surface area (Å²) in [4.78, 5) is 21.8. The largest absolute Gasteiger partial charge is 0.388 e. The predicted molar refractivity (Wildman–Crippen MR) is 66.9 cm³/mol. The van der Waals surface area contributed by atoms with E-state index in [1.54, 1.807) is 18.7 Å². The van der Waals surface area contributed by atoms with Crippen LogP contribution >= 0.6 is 0 Å². The number of β-amino-alcohol motifs (C(OH)–C–C–N with tert-alkyl or cyclic N) is 1. The molecule has 1 fully saturated rings. The van der Waals surface area contributed by atoms with Crippen molar-refractivity contribution < 1.29 is 9.90 Å². The summed E-state index contributed by atoms with van der Waals surface area (Å²) in [6.07, 6.45) is 1.44.